The number of imide groups is 1. The third-order valence-electron chi connectivity index (χ3n) is 4.67. The Balaban J connectivity index is 1.42. The van der Waals surface area contributed by atoms with Crippen LogP contribution in [-0.2, 0) is 4.79 Å². The number of nitrogens with zero attached hydrogens (tertiary/aromatic N) is 3. The third kappa shape index (κ3) is 5.38. The van der Waals surface area contributed by atoms with Crippen LogP contribution in [0.15, 0.2) is 76.2 Å². The molecule has 1 saturated heterocycles. The van der Waals surface area contributed by atoms with E-state index >= 15 is 0 Å². The van der Waals surface area contributed by atoms with E-state index in [4.69, 9.17) is 4.74 Å². The van der Waals surface area contributed by atoms with Crippen LogP contribution in [-0.4, -0.2) is 38.3 Å². The number of aromatic nitrogens is 1. The Kier molecular flexibility index (Phi) is 6.85. The molecule has 1 aliphatic heterocycles. The fourth-order valence-corrected chi connectivity index (χ4v) is 4.05. The second kappa shape index (κ2) is 9.98. The summed E-state index contributed by atoms with van der Waals surface area (Å²) in [4.78, 5) is 52.7. The van der Waals surface area contributed by atoms with Gasteiger partial charge in [-0.1, -0.05) is 40.2 Å². The number of thioether (sulfide) groups is 1. The Morgan fingerprint density at radius 3 is 2.41 bits per heavy atom. The lowest BCUT2D eigenvalue weighted by Crippen LogP contribution is -2.33. The fraction of sp³-hybridized carbons (Fsp3) is 0.0435. The molecule has 0 spiro atoms. The molecule has 3 aromatic rings. The number of Topliss-reactive ketones (excluding diaryl/α,β-unsaturated/α-hetero) is 1. The number of rotatable bonds is 7. The van der Waals surface area contributed by atoms with E-state index in [2.05, 4.69) is 20.9 Å². The lowest BCUT2D eigenvalue weighted by atomic mass is 10.1. The zero-order valence-electron chi connectivity index (χ0n) is 17.2. The van der Waals surface area contributed by atoms with Gasteiger partial charge in [-0.05, 0) is 47.7 Å². The van der Waals surface area contributed by atoms with E-state index in [1.54, 1.807) is 54.6 Å². The summed E-state index contributed by atoms with van der Waals surface area (Å²) in [5.41, 5.74) is 0.910. The van der Waals surface area contributed by atoms with Crippen molar-refractivity contribution in [3.8, 4) is 11.6 Å². The van der Waals surface area contributed by atoms with Crippen molar-refractivity contribution < 1.29 is 24.0 Å². The van der Waals surface area contributed by atoms with Gasteiger partial charge >= 0.3 is 0 Å². The van der Waals surface area contributed by atoms with Gasteiger partial charge in [-0.15, -0.1) is 0 Å². The van der Waals surface area contributed by atoms with E-state index in [1.165, 1.54) is 12.1 Å². The monoisotopic (exact) mass is 539 g/mol. The summed E-state index contributed by atoms with van der Waals surface area (Å²) in [6.07, 6.45) is 2.66. The standard InChI is InChI=1S/C23H14BrN3O6S/c24-16-5-3-15(4-6-16)19(28)13-26-22(29)20(34-23(26)30)11-14-1-8-18(9-2-14)33-21-10-7-17(12-25-21)27(31)32/h1-12H,13H2/b20-11-. The van der Waals surface area contributed by atoms with Crippen LogP contribution in [0.3, 0.4) is 0 Å². The van der Waals surface area contributed by atoms with E-state index in [0.717, 1.165) is 27.3 Å². The van der Waals surface area contributed by atoms with E-state index in [0.29, 0.717) is 16.9 Å². The van der Waals surface area contributed by atoms with Gasteiger partial charge < -0.3 is 4.74 Å². The van der Waals surface area contributed by atoms with Crippen molar-refractivity contribution in [3.63, 3.8) is 0 Å². The highest BCUT2D eigenvalue weighted by Crippen LogP contribution is 2.33. The van der Waals surface area contributed by atoms with Crippen LogP contribution in [0.4, 0.5) is 10.5 Å². The van der Waals surface area contributed by atoms with Crippen LogP contribution in [0.5, 0.6) is 11.6 Å². The second-order valence-corrected chi connectivity index (χ2v) is 8.89. The molecule has 4 rings (SSSR count). The second-order valence-electron chi connectivity index (χ2n) is 6.98. The number of pyridine rings is 1. The maximum absolute atomic E-state index is 12.7. The maximum atomic E-state index is 12.7. The molecule has 0 N–H and O–H groups in total. The molecule has 2 aromatic carbocycles. The van der Waals surface area contributed by atoms with E-state index < -0.39 is 16.1 Å². The van der Waals surface area contributed by atoms with Gasteiger partial charge in [0.25, 0.3) is 16.8 Å². The molecular weight excluding hydrogens is 526 g/mol. The Labute approximate surface area is 205 Å². The Morgan fingerprint density at radius 1 is 1.09 bits per heavy atom. The lowest BCUT2D eigenvalue weighted by molar-refractivity contribution is -0.385. The Hall–Kier alpha value is -3.83. The maximum Gasteiger partial charge on any atom is 0.293 e. The number of hydrogen-bond donors (Lipinski definition) is 0. The topological polar surface area (TPSA) is 120 Å². The van der Waals surface area contributed by atoms with Crippen LogP contribution < -0.4 is 4.74 Å². The molecule has 1 aliphatic rings. The molecule has 0 unspecified atom stereocenters. The van der Waals surface area contributed by atoms with Crippen LogP contribution >= 0.6 is 27.7 Å². The molecular formula is C23H14BrN3O6S. The highest BCUT2D eigenvalue weighted by Gasteiger charge is 2.36. The van der Waals surface area contributed by atoms with Crippen LogP contribution in [0.25, 0.3) is 6.08 Å². The molecule has 0 bridgehead atoms. The van der Waals surface area contributed by atoms with Gasteiger partial charge in [0.05, 0.1) is 16.4 Å². The summed E-state index contributed by atoms with van der Waals surface area (Å²) in [6.45, 7) is -0.335. The van der Waals surface area contributed by atoms with Crippen molar-refractivity contribution in [1.82, 2.24) is 9.88 Å². The highest BCUT2D eigenvalue weighted by molar-refractivity contribution is 9.10. The minimum Gasteiger partial charge on any atom is -0.439 e. The minimum atomic E-state index is -0.552. The first-order valence-corrected chi connectivity index (χ1v) is 11.3. The number of hydrogen-bond acceptors (Lipinski definition) is 8. The van der Waals surface area contributed by atoms with Gasteiger partial charge in [0.1, 0.15) is 11.9 Å². The Morgan fingerprint density at radius 2 is 1.79 bits per heavy atom. The molecule has 0 atom stereocenters. The molecule has 1 fully saturated rings. The number of ether oxygens (including phenoxy) is 1. The van der Waals surface area contributed by atoms with Crippen LogP contribution in [0.2, 0.25) is 0 Å². The van der Waals surface area contributed by atoms with Crippen LogP contribution in [0.1, 0.15) is 15.9 Å². The third-order valence-corrected chi connectivity index (χ3v) is 6.11. The average molecular weight is 540 g/mol. The lowest BCUT2D eigenvalue weighted by Gasteiger charge is -2.11. The Bertz CT molecular complexity index is 1310. The summed E-state index contributed by atoms with van der Waals surface area (Å²) in [6, 6.07) is 16.0. The number of amides is 2. The van der Waals surface area contributed by atoms with Gasteiger partial charge in [-0.25, -0.2) is 4.98 Å². The zero-order chi connectivity index (χ0) is 24.2. The highest BCUT2D eigenvalue weighted by atomic mass is 79.9. The quantitative estimate of drug-likeness (QED) is 0.168. The molecule has 1 aromatic heterocycles. The molecule has 2 amide bonds. The van der Waals surface area contributed by atoms with Crippen molar-refractivity contribution in [2.45, 2.75) is 0 Å². The largest absolute Gasteiger partial charge is 0.439 e. The number of halogens is 1. The number of nitro groups is 1. The predicted octanol–water partition coefficient (Wildman–Crippen LogP) is 5.46. The fourth-order valence-electron chi connectivity index (χ4n) is 2.95. The van der Waals surface area contributed by atoms with Crippen molar-refractivity contribution in [1.29, 1.82) is 0 Å². The number of carbonyl (C=O) groups is 3. The molecule has 11 heteroatoms. The summed E-state index contributed by atoms with van der Waals surface area (Å²) in [7, 11) is 0. The molecule has 9 nitrogen and oxygen atoms in total. The van der Waals surface area contributed by atoms with E-state index in [9.17, 15) is 24.5 Å². The van der Waals surface area contributed by atoms with Crippen LogP contribution in [0, 0.1) is 10.1 Å². The first kappa shape index (κ1) is 23.3. The van der Waals surface area contributed by atoms with Crippen molar-refractivity contribution in [2.75, 3.05) is 6.54 Å². The van der Waals surface area contributed by atoms with Gasteiger partial charge in [0, 0.05) is 22.2 Å². The summed E-state index contributed by atoms with van der Waals surface area (Å²) >= 11 is 4.06. The smallest absolute Gasteiger partial charge is 0.293 e. The van der Waals surface area contributed by atoms with Gasteiger partial charge in [-0.3, -0.25) is 29.4 Å². The average Bonchev–Trinajstić information content (AvgIpc) is 3.08. The molecule has 2 heterocycles. The van der Waals surface area contributed by atoms with Gasteiger partial charge in [0.15, 0.2) is 5.78 Å². The number of ketones is 1. The number of carbonyl (C=O) groups excluding carboxylic acids is 3. The first-order valence-electron chi connectivity index (χ1n) is 9.72. The zero-order valence-corrected chi connectivity index (χ0v) is 19.6. The normalized spacial score (nSPS) is 14.5. The molecule has 0 aliphatic carbocycles. The van der Waals surface area contributed by atoms with E-state index in [1.807, 2.05) is 0 Å². The summed E-state index contributed by atoms with van der Waals surface area (Å²) in [5, 5.41) is 10.2. The minimum absolute atomic E-state index is 0.143. The molecule has 0 saturated carbocycles. The van der Waals surface area contributed by atoms with Gasteiger partial charge in [0.2, 0.25) is 5.88 Å². The molecule has 34 heavy (non-hydrogen) atoms. The van der Waals surface area contributed by atoms with Crippen molar-refractivity contribution >= 4 is 56.4 Å². The van der Waals surface area contributed by atoms with Crippen molar-refractivity contribution in [2.24, 2.45) is 0 Å². The number of benzene rings is 2. The summed E-state index contributed by atoms with van der Waals surface area (Å²) in [5.74, 6) is -0.241. The predicted molar refractivity (Wildman–Crippen MR) is 129 cm³/mol. The van der Waals surface area contributed by atoms with Crippen molar-refractivity contribution in [3.05, 3.63) is 97.5 Å². The first-order chi connectivity index (χ1) is 16.3. The van der Waals surface area contributed by atoms with E-state index in [-0.39, 0.29) is 28.8 Å². The summed E-state index contributed by atoms with van der Waals surface area (Å²) < 4.78 is 6.38. The SMILES string of the molecule is O=C(CN1C(=O)S/C(=C\c2ccc(Oc3ccc([N+](=O)[O-])cn3)cc2)C1=O)c1ccc(Br)cc1. The van der Waals surface area contributed by atoms with Gasteiger partial charge in [-0.2, -0.15) is 0 Å². The molecule has 170 valence electrons. The molecule has 0 radical (unpaired) electrons.